The molecule has 0 aliphatic rings. The molecule has 0 amide bonds. The van der Waals surface area contributed by atoms with E-state index in [-0.39, 0.29) is 5.95 Å². The topological polar surface area (TPSA) is 78.3 Å². The number of nitrogens with one attached hydrogen (secondary N) is 1. The Morgan fingerprint density at radius 1 is 1.29 bits per heavy atom. The van der Waals surface area contributed by atoms with Crippen molar-refractivity contribution in [1.29, 1.82) is 0 Å². The van der Waals surface area contributed by atoms with Gasteiger partial charge in [-0.25, -0.2) is 9.97 Å². The lowest BCUT2D eigenvalue weighted by molar-refractivity contribution is -0.141. The summed E-state index contributed by atoms with van der Waals surface area (Å²) >= 11 is 0. The first-order valence-corrected chi connectivity index (χ1v) is 4.71. The first kappa shape index (κ1) is 13.7. The lowest BCUT2D eigenvalue weighted by Gasteiger charge is -2.26. The van der Waals surface area contributed by atoms with Gasteiger partial charge in [0.25, 0.3) is 0 Å². The maximum Gasteiger partial charge on any atom is 0.433 e. The quantitative estimate of drug-likeness (QED) is 0.732. The van der Waals surface area contributed by atoms with Gasteiger partial charge in [-0.05, 0) is 13.0 Å². The number of hydrogen-bond acceptors (Lipinski definition) is 5. The summed E-state index contributed by atoms with van der Waals surface area (Å²) < 4.78 is 37.0. The third-order valence-electron chi connectivity index (χ3n) is 2.06. The van der Waals surface area contributed by atoms with Crippen LogP contribution in [-0.4, -0.2) is 38.9 Å². The fourth-order valence-electron chi connectivity index (χ4n) is 0.976. The van der Waals surface area contributed by atoms with Crippen molar-refractivity contribution in [2.75, 3.05) is 18.5 Å². The van der Waals surface area contributed by atoms with E-state index >= 15 is 0 Å². The fraction of sp³-hybridized carbons (Fsp3) is 0.556. The van der Waals surface area contributed by atoms with E-state index in [1.807, 2.05) is 0 Å². The van der Waals surface area contributed by atoms with E-state index in [0.717, 1.165) is 12.3 Å². The Morgan fingerprint density at radius 3 is 2.35 bits per heavy atom. The molecule has 1 aromatic rings. The molecule has 1 heterocycles. The van der Waals surface area contributed by atoms with Gasteiger partial charge in [0.1, 0.15) is 5.69 Å². The van der Waals surface area contributed by atoms with Crippen LogP contribution >= 0.6 is 0 Å². The van der Waals surface area contributed by atoms with E-state index in [2.05, 4.69) is 15.3 Å². The summed E-state index contributed by atoms with van der Waals surface area (Å²) in [6.45, 7) is 0.489. The van der Waals surface area contributed by atoms with Gasteiger partial charge in [-0.15, -0.1) is 0 Å². The van der Waals surface area contributed by atoms with E-state index < -0.39 is 30.6 Å². The summed E-state index contributed by atoms with van der Waals surface area (Å²) in [5, 5.41) is 20.4. The second kappa shape index (κ2) is 4.84. The Morgan fingerprint density at radius 2 is 1.88 bits per heavy atom. The molecular formula is C9H12F3N3O2. The molecule has 1 aromatic heterocycles. The zero-order chi connectivity index (χ0) is 13.1. The fourth-order valence-corrected chi connectivity index (χ4v) is 0.976. The number of nitrogens with zero attached hydrogens (tertiary/aromatic N) is 2. The van der Waals surface area contributed by atoms with Gasteiger partial charge in [-0.2, -0.15) is 13.2 Å². The Hall–Kier alpha value is -1.41. The van der Waals surface area contributed by atoms with Gasteiger partial charge in [-0.1, -0.05) is 0 Å². The standard InChI is InChI=1S/C9H12F3N3O2/c1-8(4-16,5-17)15-7-13-3-2-6(14-7)9(10,11)12/h2-3,16-17H,4-5H2,1H3,(H,13,14,15). The van der Waals surface area contributed by atoms with Gasteiger partial charge in [0, 0.05) is 6.20 Å². The molecule has 3 N–H and O–H groups in total. The predicted molar refractivity (Wildman–Crippen MR) is 53.2 cm³/mol. The van der Waals surface area contributed by atoms with Gasteiger partial charge < -0.3 is 15.5 Å². The first-order chi connectivity index (χ1) is 7.80. The molecular weight excluding hydrogens is 239 g/mol. The number of rotatable bonds is 4. The molecule has 5 nitrogen and oxygen atoms in total. The average molecular weight is 251 g/mol. The van der Waals surface area contributed by atoms with Gasteiger partial charge in [0.15, 0.2) is 0 Å². The van der Waals surface area contributed by atoms with Gasteiger partial charge >= 0.3 is 6.18 Å². The van der Waals surface area contributed by atoms with E-state index in [0.29, 0.717) is 0 Å². The average Bonchev–Trinajstić information content (AvgIpc) is 2.28. The molecule has 96 valence electrons. The van der Waals surface area contributed by atoms with E-state index in [1.54, 1.807) is 0 Å². The number of alkyl halides is 3. The summed E-state index contributed by atoms with van der Waals surface area (Å²) in [7, 11) is 0. The van der Waals surface area contributed by atoms with Crippen molar-refractivity contribution < 1.29 is 23.4 Å². The highest BCUT2D eigenvalue weighted by Crippen LogP contribution is 2.27. The van der Waals surface area contributed by atoms with Crippen molar-refractivity contribution in [2.45, 2.75) is 18.6 Å². The van der Waals surface area contributed by atoms with Crippen LogP contribution in [0.2, 0.25) is 0 Å². The third kappa shape index (κ3) is 3.53. The van der Waals surface area contributed by atoms with Crippen LogP contribution in [0.3, 0.4) is 0 Å². The second-order valence-corrected chi connectivity index (χ2v) is 3.77. The van der Waals surface area contributed by atoms with Crippen molar-refractivity contribution in [2.24, 2.45) is 0 Å². The molecule has 17 heavy (non-hydrogen) atoms. The van der Waals surface area contributed by atoms with Crippen LogP contribution in [0.1, 0.15) is 12.6 Å². The summed E-state index contributed by atoms with van der Waals surface area (Å²) in [4.78, 5) is 6.84. The SMILES string of the molecule is CC(CO)(CO)Nc1nccc(C(F)(F)F)n1. The summed E-state index contributed by atoms with van der Waals surface area (Å²) in [6.07, 6.45) is -3.61. The molecule has 0 spiro atoms. The summed E-state index contributed by atoms with van der Waals surface area (Å²) in [5.41, 5.74) is -2.27. The molecule has 0 unspecified atom stereocenters. The zero-order valence-corrected chi connectivity index (χ0v) is 8.99. The lowest BCUT2D eigenvalue weighted by Crippen LogP contribution is -2.43. The Kier molecular flexibility index (Phi) is 3.89. The molecule has 0 saturated heterocycles. The van der Waals surface area contributed by atoms with Crippen LogP contribution in [-0.2, 0) is 6.18 Å². The highest BCUT2D eigenvalue weighted by molar-refractivity contribution is 5.30. The Labute approximate surface area is 95.3 Å². The lowest BCUT2D eigenvalue weighted by atomic mass is 10.1. The van der Waals surface area contributed by atoms with Crippen LogP contribution in [0.25, 0.3) is 0 Å². The highest BCUT2D eigenvalue weighted by Gasteiger charge is 2.33. The van der Waals surface area contributed by atoms with Crippen LogP contribution in [0, 0.1) is 0 Å². The zero-order valence-electron chi connectivity index (χ0n) is 8.99. The largest absolute Gasteiger partial charge is 0.433 e. The summed E-state index contributed by atoms with van der Waals surface area (Å²) in [6, 6.07) is 0.737. The molecule has 0 saturated carbocycles. The van der Waals surface area contributed by atoms with Crippen molar-refractivity contribution in [1.82, 2.24) is 9.97 Å². The second-order valence-electron chi connectivity index (χ2n) is 3.77. The number of halogens is 3. The van der Waals surface area contributed by atoms with Crippen LogP contribution in [0.4, 0.5) is 19.1 Å². The van der Waals surface area contributed by atoms with E-state index in [4.69, 9.17) is 10.2 Å². The minimum absolute atomic E-state index is 0.301. The molecule has 0 atom stereocenters. The number of aliphatic hydroxyl groups is 2. The monoisotopic (exact) mass is 251 g/mol. The highest BCUT2D eigenvalue weighted by atomic mass is 19.4. The molecule has 0 aliphatic heterocycles. The normalized spacial score (nSPS) is 12.6. The Balaban J connectivity index is 2.93. The van der Waals surface area contributed by atoms with E-state index in [9.17, 15) is 13.2 Å². The number of hydrogen-bond donors (Lipinski definition) is 3. The van der Waals surface area contributed by atoms with Crippen molar-refractivity contribution in [3.8, 4) is 0 Å². The number of aliphatic hydroxyl groups excluding tert-OH is 2. The van der Waals surface area contributed by atoms with Crippen molar-refractivity contribution >= 4 is 5.95 Å². The predicted octanol–water partition coefficient (Wildman–Crippen LogP) is 0.651. The van der Waals surface area contributed by atoms with Crippen molar-refractivity contribution in [3.05, 3.63) is 18.0 Å². The smallest absolute Gasteiger partial charge is 0.394 e. The maximum absolute atomic E-state index is 12.3. The van der Waals surface area contributed by atoms with Crippen LogP contribution < -0.4 is 5.32 Å². The third-order valence-corrected chi connectivity index (χ3v) is 2.06. The van der Waals surface area contributed by atoms with Gasteiger partial charge in [0.05, 0.1) is 18.8 Å². The van der Waals surface area contributed by atoms with Crippen LogP contribution in [0.15, 0.2) is 12.3 Å². The van der Waals surface area contributed by atoms with E-state index in [1.165, 1.54) is 6.92 Å². The maximum atomic E-state index is 12.3. The first-order valence-electron chi connectivity index (χ1n) is 4.71. The van der Waals surface area contributed by atoms with Crippen molar-refractivity contribution in [3.63, 3.8) is 0 Å². The number of anilines is 1. The van der Waals surface area contributed by atoms with Crippen LogP contribution in [0.5, 0.6) is 0 Å². The molecule has 1 rings (SSSR count). The molecule has 8 heteroatoms. The minimum Gasteiger partial charge on any atom is -0.394 e. The van der Waals surface area contributed by atoms with Gasteiger partial charge in [-0.3, -0.25) is 0 Å². The van der Waals surface area contributed by atoms with Gasteiger partial charge in [0.2, 0.25) is 5.95 Å². The molecule has 0 aliphatic carbocycles. The molecule has 0 radical (unpaired) electrons. The molecule has 0 bridgehead atoms. The number of aromatic nitrogens is 2. The summed E-state index contributed by atoms with van der Waals surface area (Å²) in [5.74, 6) is -0.301. The minimum atomic E-state index is -4.56. The Bertz CT molecular complexity index is 380. The molecule has 0 aromatic carbocycles. The molecule has 0 fully saturated rings.